The highest BCUT2D eigenvalue weighted by molar-refractivity contribution is 5.75. The van der Waals surface area contributed by atoms with Crippen LogP contribution in [0.15, 0.2) is 17.1 Å². The Balaban J connectivity index is 2.69. The van der Waals surface area contributed by atoms with Gasteiger partial charge in [-0.2, -0.15) is 5.10 Å². The van der Waals surface area contributed by atoms with Gasteiger partial charge in [-0.1, -0.05) is 0 Å². The number of nitrogens with zero attached hydrogens (tertiary/aromatic N) is 2. The predicted octanol–water partition coefficient (Wildman–Crippen LogP) is -1.28. The van der Waals surface area contributed by atoms with Gasteiger partial charge in [0.2, 0.25) is 5.91 Å². The summed E-state index contributed by atoms with van der Waals surface area (Å²) in [6.07, 6.45) is 1.39. The van der Waals surface area contributed by atoms with Gasteiger partial charge in [-0.3, -0.25) is 9.59 Å². The highest BCUT2D eigenvalue weighted by atomic mass is 16.5. The molecular weight excluding hydrogens is 224 g/mol. The van der Waals surface area contributed by atoms with E-state index in [0.29, 0.717) is 25.4 Å². The Labute approximate surface area is 98.6 Å². The Kier molecular flexibility index (Phi) is 5.15. The van der Waals surface area contributed by atoms with E-state index in [-0.39, 0.29) is 18.0 Å². The van der Waals surface area contributed by atoms with Crippen molar-refractivity contribution in [1.29, 1.82) is 0 Å². The first kappa shape index (κ1) is 13.2. The SMILES string of the molecule is CCNC(=O)Cn1ncc(OCCN)cc1=O. The summed E-state index contributed by atoms with van der Waals surface area (Å²) >= 11 is 0. The van der Waals surface area contributed by atoms with Gasteiger partial charge in [-0.25, -0.2) is 4.68 Å². The molecule has 7 heteroatoms. The zero-order valence-electron chi connectivity index (χ0n) is 9.68. The molecule has 0 fully saturated rings. The molecule has 0 aliphatic rings. The van der Waals surface area contributed by atoms with Crippen LogP contribution in [0, 0.1) is 0 Å². The molecule has 1 rings (SSSR count). The molecule has 0 spiro atoms. The number of nitrogens with two attached hydrogens (primary N) is 1. The largest absolute Gasteiger partial charge is 0.490 e. The molecule has 0 atom stereocenters. The van der Waals surface area contributed by atoms with Crippen LogP contribution < -0.4 is 21.3 Å². The van der Waals surface area contributed by atoms with Crippen molar-refractivity contribution >= 4 is 5.91 Å². The predicted molar refractivity (Wildman–Crippen MR) is 61.7 cm³/mol. The average Bonchev–Trinajstić information content (AvgIpc) is 2.30. The normalized spacial score (nSPS) is 10.0. The Morgan fingerprint density at radius 3 is 3.00 bits per heavy atom. The molecule has 0 aromatic carbocycles. The second kappa shape index (κ2) is 6.64. The quantitative estimate of drug-likeness (QED) is 0.645. The summed E-state index contributed by atoms with van der Waals surface area (Å²) in [6.45, 7) is 2.91. The van der Waals surface area contributed by atoms with E-state index in [4.69, 9.17) is 10.5 Å². The summed E-state index contributed by atoms with van der Waals surface area (Å²) in [7, 11) is 0. The first-order chi connectivity index (χ1) is 8.17. The van der Waals surface area contributed by atoms with Crippen molar-refractivity contribution in [2.45, 2.75) is 13.5 Å². The van der Waals surface area contributed by atoms with E-state index >= 15 is 0 Å². The van der Waals surface area contributed by atoms with Gasteiger partial charge >= 0.3 is 0 Å². The summed E-state index contributed by atoms with van der Waals surface area (Å²) in [5.74, 6) is 0.102. The van der Waals surface area contributed by atoms with Crippen LogP contribution in [-0.2, 0) is 11.3 Å². The minimum Gasteiger partial charge on any atom is -0.490 e. The zero-order chi connectivity index (χ0) is 12.7. The number of carbonyl (C=O) groups excluding carboxylic acids is 1. The van der Waals surface area contributed by atoms with E-state index in [1.165, 1.54) is 12.3 Å². The van der Waals surface area contributed by atoms with Crippen LogP contribution in [0.5, 0.6) is 5.75 Å². The van der Waals surface area contributed by atoms with Gasteiger partial charge < -0.3 is 15.8 Å². The highest BCUT2D eigenvalue weighted by Crippen LogP contribution is 2.02. The lowest BCUT2D eigenvalue weighted by Crippen LogP contribution is -2.33. The molecule has 94 valence electrons. The average molecular weight is 240 g/mol. The molecule has 17 heavy (non-hydrogen) atoms. The van der Waals surface area contributed by atoms with Crippen LogP contribution in [-0.4, -0.2) is 35.4 Å². The third kappa shape index (κ3) is 4.23. The number of likely N-dealkylation sites (N-methyl/N-ethyl adjacent to an activating group) is 1. The van der Waals surface area contributed by atoms with Crippen LogP contribution in [0.2, 0.25) is 0 Å². The maximum absolute atomic E-state index is 11.6. The summed E-state index contributed by atoms with van der Waals surface area (Å²) < 4.78 is 6.21. The Morgan fingerprint density at radius 2 is 2.41 bits per heavy atom. The number of aromatic nitrogens is 2. The Hall–Kier alpha value is -1.89. The molecule has 0 aliphatic carbocycles. The third-order valence-electron chi connectivity index (χ3n) is 1.90. The molecule has 1 amide bonds. The van der Waals surface area contributed by atoms with Crippen molar-refractivity contribution in [3.05, 3.63) is 22.6 Å². The number of nitrogens with one attached hydrogen (secondary N) is 1. The number of amides is 1. The molecule has 3 N–H and O–H groups in total. The molecule has 0 unspecified atom stereocenters. The van der Waals surface area contributed by atoms with Crippen LogP contribution in [0.25, 0.3) is 0 Å². The molecule has 0 aliphatic heterocycles. The molecule has 7 nitrogen and oxygen atoms in total. The van der Waals surface area contributed by atoms with E-state index in [9.17, 15) is 9.59 Å². The smallest absolute Gasteiger partial charge is 0.270 e. The summed E-state index contributed by atoms with van der Waals surface area (Å²) in [5.41, 5.74) is 4.88. The van der Waals surface area contributed by atoms with Crippen molar-refractivity contribution in [2.75, 3.05) is 19.7 Å². The van der Waals surface area contributed by atoms with Crippen molar-refractivity contribution in [3.63, 3.8) is 0 Å². The van der Waals surface area contributed by atoms with Gasteiger partial charge in [-0.15, -0.1) is 0 Å². The molecule has 0 radical (unpaired) electrons. The van der Waals surface area contributed by atoms with Crippen molar-refractivity contribution in [2.24, 2.45) is 5.73 Å². The fraction of sp³-hybridized carbons (Fsp3) is 0.500. The van der Waals surface area contributed by atoms with Crippen molar-refractivity contribution < 1.29 is 9.53 Å². The van der Waals surface area contributed by atoms with E-state index in [1.807, 2.05) is 0 Å². The Bertz CT molecular complexity index is 430. The van der Waals surface area contributed by atoms with E-state index in [0.717, 1.165) is 4.68 Å². The molecule has 0 bridgehead atoms. The number of hydrogen-bond acceptors (Lipinski definition) is 5. The van der Waals surface area contributed by atoms with Gasteiger partial charge in [0.25, 0.3) is 5.56 Å². The first-order valence-electron chi connectivity index (χ1n) is 5.34. The lowest BCUT2D eigenvalue weighted by molar-refractivity contribution is -0.121. The monoisotopic (exact) mass is 240 g/mol. The van der Waals surface area contributed by atoms with Gasteiger partial charge in [0.1, 0.15) is 18.9 Å². The summed E-state index contributed by atoms with van der Waals surface area (Å²) in [4.78, 5) is 22.8. The molecular formula is C10H16N4O3. The van der Waals surface area contributed by atoms with Crippen LogP contribution in [0.4, 0.5) is 0 Å². The Morgan fingerprint density at radius 1 is 1.65 bits per heavy atom. The van der Waals surface area contributed by atoms with Gasteiger partial charge in [-0.05, 0) is 6.92 Å². The molecule has 0 saturated heterocycles. The van der Waals surface area contributed by atoms with E-state index < -0.39 is 0 Å². The zero-order valence-corrected chi connectivity index (χ0v) is 9.68. The highest BCUT2D eigenvalue weighted by Gasteiger charge is 2.05. The van der Waals surface area contributed by atoms with Gasteiger partial charge in [0.05, 0.1) is 6.20 Å². The first-order valence-corrected chi connectivity index (χ1v) is 5.34. The number of ether oxygens (including phenoxy) is 1. The maximum atomic E-state index is 11.6. The van der Waals surface area contributed by atoms with Crippen LogP contribution in [0.1, 0.15) is 6.92 Å². The summed E-state index contributed by atoms with van der Waals surface area (Å²) in [6, 6.07) is 1.28. The number of hydrogen-bond donors (Lipinski definition) is 2. The molecule has 0 saturated carbocycles. The minimum absolute atomic E-state index is 0.0934. The second-order valence-electron chi connectivity index (χ2n) is 3.28. The van der Waals surface area contributed by atoms with Gasteiger partial charge in [0.15, 0.2) is 0 Å². The second-order valence-corrected chi connectivity index (χ2v) is 3.28. The van der Waals surface area contributed by atoms with Gasteiger partial charge in [0, 0.05) is 19.2 Å². The fourth-order valence-electron chi connectivity index (χ4n) is 1.18. The van der Waals surface area contributed by atoms with Crippen LogP contribution in [0.3, 0.4) is 0 Å². The topological polar surface area (TPSA) is 99.2 Å². The molecule has 1 heterocycles. The third-order valence-corrected chi connectivity index (χ3v) is 1.90. The fourth-order valence-corrected chi connectivity index (χ4v) is 1.18. The molecule has 1 aromatic heterocycles. The summed E-state index contributed by atoms with van der Waals surface area (Å²) in [5, 5.41) is 6.41. The number of carbonyl (C=O) groups is 1. The lowest BCUT2D eigenvalue weighted by atomic mass is 10.5. The lowest BCUT2D eigenvalue weighted by Gasteiger charge is -2.06. The number of rotatable bonds is 6. The van der Waals surface area contributed by atoms with Crippen LogP contribution >= 0.6 is 0 Å². The molecule has 1 aromatic rings. The van der Waals surface area contributed by atoms with E-state index in [2.05, 4.69) is 10.4 Å². The standard InChI is InChI=1S/C10H16N4O3/c1-2-12-9(15)7-14-10(16)5-8(6-13-14)17-4-3-11/h5-6H,2-4,7,11H2,1H3,(H,12,15). The maximum Gasteiger partial charge on any atom is 0.270 e. The van der Waals surface area contributed by atoms with Crippen molar-refractivity contribution in [1.82, 2.24) is 15.1 Å². The van der Waals surface area contributed by atoms with Crippen molar-refractivity contribution in [3.8, 4) is 5.75 Å². The minimum atomic E-state index is -0.384. The van der Waals surface area contributed by atoms with E-state index in [1.54, 1.807) is 6.92 Å².